The van der Waals surface area contributed by atoms with Crippen molar-refractivity contribution in [3.63, 3.8) is 0 Å². The zero-order chi connectivity index (χ0) is 18.6. The maximum Gasteiger partial charge on any atom is 0.232 e. The molecule has 0 unspecified atom stereocenters. The van der Waals surface area contributed by atoms with Crippen LogP contribution in [0.25, 0.3) is 22.8 Å². The first-order valence-electron chi connectivity index (χ1n) is 8.86. The van der Waals surface area contributed by atoms with Crippen LogP contribution in [0.1, 0.15) is 11.1 Å². The lowest BCUT2D eigenvalue weighted by Gasteiger charge is -2.01. The number of pyridine rings is 1. The number of rotatable bonds is 5. The van der Waals surface area contributed by atoms with Gasteiger partial charge < -0.3 is 26.1 Å². The van der Waals surface area contributed by atoms with Crippen LogP contribution in [0.4, 0.5) is 0 Å². The van der Waals surface area contributed by atoms with Crippen molar-refractivity contribution in [2.24, 2.45) is 0 Å². The summed E-state index contributed by atoms with van der Waals surface area (Å²) in [6, 6.07) is 20.3. The summed E-state index contributed by atoms with van der Waals surface area (Å²) in [6.07, 6.45) is 5.88. The quantitative estimate of drug-likeness (QED) is 0.446. The van der Waals surface area contributed by atoms with E-state index in [0.717, 1.165) is 29.2 Å². The number of benzene rings is 2. The standard InChI is InChI=1S/C23H21N2O2.BrH/c1-17-5-3-6-18(13-17)15-25-12-4-7-20(16-25)23-24-14-22(27-23)19-8-10-21(26-2)11-9-19;/h3-14,16H,15H2,1-2H3;1H/q+1;/p-1. The fraction of sp³-hybridized carbons (Fsp3) is 0.130. The number of aromatic nitrogens is 2. The van der Waals surface area contributed by atoms with E-state index < -0.39 is 0 Å². The van der Waals surface area contributed by atoms with E-state index in [4.69, 9.17) is 9.15 Å². The number of methoxy groups -OCH3 is 1. The predicted molar refractivity (Wildman–Crippen MR) is 104 cm³/mol. The molecule has 2 aromatic heterocycles. The molecule has 0 spiro atoms. The molecule has 0 saturated carbocycles. The molecule has 142 valence electrons. The van der Waals surface area contributed by atoms with Gasteiger partial charge in [0.05, 0.1) is 13.3 Å². The van der Waals surface area contributed by atoms with Crippen LogP contribution in [-0.2, 0) is 6.54 Å². The first kappa shape index (κ1) is 19.8. The van der Waals surface area contributed by atoms with E-state index in [1.807, 2.05) is 36.4 Å². The number of hydrogen-bond donors (Lipinski definition) is 0. The molecule has 4 rings (SSSR count). The molecule has 2 aromatic carbocycles. The Kier molecular flexibility index (Phi) is 6.26. The molecule has 0 fully saturated rings. The van der Waals surface area contributed by atoms with Crippen molar-refractivity contribution in [1.82, 2.24) is 4.98 Å². The third kappa shape index (κ3) is 4.49. The third-order valence-electron chi connectivity index (χ3n) is 4.43. The van der Waals surface area contributed by atoms with Crippen LogP contribution in [-0.4, -0.2) is 12.1 Å². The van der Waals surface area contributed by atoms with E-state index in [-0.39, 0.29) is 17.0 Å². The van der Waals surface area contributed by atoms with Gasteiger partial charge in [-0.15, -0.1) is 0 Å². The Balaban J connectivity index is 0.00000225. The lowest BCUT2D eigenvalue weighted by atomic mass is 10.1. The third-order valence-corrected chi connectivity index (χ3v) is 4.43. The minimum Gasteiger partial charge on any atom is -1.00 e. The van der Waals surface area contributed by atoms with Crippen molar-refractivity contribution in [3.8, 4) is 28.5 Å². The largest absolute Gasteiger partial charge is 1.00 e. The van der Waals surface area contributed by atoms with E-state index in [9.17, 15) is 0 Å². The fourth-order valence-corrected chi connectivity index (χ4v) is 3.06. The van der Waals surface area contributed by atoms with Crippen LogP contribution in [0.3, 0.4) is 0 Å². The summed E-state index contributed by atoms with van der Waals surface area (Å²) in [7, 11) is 1.66. The molecular weight excluding hydrogens is 416 g/mol. The molecule has 4 nitrogen and oxygen atoms in total. The lowest BCUT2D eigenvalue weighted by Crippen LogP contribution is -3.00. The smallest absolute Gasteiger partial charge is 0.232 e. The molecule has 2 heterocycles. The Morgan fingerprint density at radius 3 is 2.57 bits per heavy atom. The summed E-state index contributed by atoms with van der Waals surface area (Å²) < 4.78 is 13.3. The van der Waals surface area contributed by atoms with Crippen LogP contribution in [0.15, 0.2) is 83.7 Å². The van der Waals surface area contributed by atoms with Gasteiger partial charge in [0.1, 0.15) is 11.3 Å². The van der Waals surface area contributed by atoms with E-state index in [1.165, 1.54) is 11.1 Å². The first-order chi connectivity index (χ1) is 13.2. The average molecular weight is 437 g/mol. The normalized spacial score (nSPS) is 10.4. The molecule has 0 aliphatic heterocycles. The molecule has 5 heteroatoms. The number of nitrogens with zero attached hydrogens (tertiary/aromatic N) is 2. The minimum atomic E-state index is 0. The van der Waals surface area contributed by atoms with Gasteiger partial charge in [0.2, 0.25) is 5.89 Å². The molecule has 28 heavy (non-hydrogen) atoms. The van der Waals surface area contributed by atoms with Crippen molar-refractivity contribution >= 4 is 0 Å². The molecule has 0 aliphatic carbocycles. The topological polar surface area (TPSA) is 39.1 Å². The maximum atomic E-state index is 5.99. The highest BCUT2D eigenvalue weighted by molar-refractivity contribution is 5.61. The number of hydrogen-bond acceptors (Lipinski definition) is 3. The fourth-order valence-electron chi connectivity index (χ4n) is 3.06. The number of ether oxygens (including phenoxy) is 1. The van der Waals surface area contributed by atoms with Crippen LogP contribution in [0.5, 0.6) is 5.75 Å². The van der Waals surface area contributed by atoms with E-state index in [0.29, 0.717) is 5.89 Å². The maximum absolute atomic E-state index is 5.99. The van der Waals surface area contributed by atoms with Gasteiger partial charge >= 0.3 is 0 Å². The van der Waals surface area contributed by atoms with Crippen LogP contribution >= 0.6 is 0 Å². The van der Waals surface area contributed by atoms with E-state index >= 15 is 0 Å². The second-order valence-corrected chi connectivity index (χ2v) is 6.51. The summed E-state index contributed by atoms with van der Waals surface area (Å²) in [4.78, 5) is 4.46. The van der Waals surface area contributed by atoms with Gasteiger partial charge in [-0.05, 0) is 43.3 Å². The van der Waals surface area contributed by atoms with Gasteiger partial charge in [-0.2, -0.15) is 4.57 Å². The molecule has 0 bridgehead atoms. The molecule has 0 aliphatic rings. The molecule has 0 N–H and O–H groups in total. The van der Waals surface area contributed by atoms with Gasteiger partial charge in [0.25, 0.3) is 0 Å². The van der Waals surface area contributed by atoms with E-state index in [2.05, 4.69) is 53.1 Å². The zero-order valence-corrected chi connectivity index (χ0v) is 17.4. The van der Waals surface area contributed by atoms with Crippen LogP contribution in [0.2, 0.25) is 0 Å². The minimum absolute atomic E-state index is 0. The number of oxazole rings is 1. The monoisotopic (exact) mass is 436 g/mol. The number of aryl methyl sites for hydroxylation is 1. The van der Waals surface area contributed by atoms with Gasteiger partial charge in [0, 0.05) is 17.2 Å². The summed E-state index contributed by atoms with van der Waals surface area (Å²) in [6.45, 7) is 2.92. The Morgan fingerprint density at radius 1 is 1.00 bits per heavy atom. The van der Waals surface area contributed by atoms with Crippen molar-refractivity contribution in [2.45, 2.75) is 13.5 Å². The van der Waals surface area contributed by atoms with Gasteiger partial charge in [-0.1, -0.05) is 23.8 Å². The molecule has 0 amide bonds. The van der Waals surface area contributed by atoms with Crippen molar-refractivity contribution < 1.29 is 30.7 Å². The SMILES string of the molecule is COc1ccc(-c2cnc(-c3ccc[n+](Cc4cccc(C)c4)c3)o2)cc1.[Br-]. The zero-order valence-electron chi connectivity index (χ0n) is 15.8. The lowest BCUT2D eigenvalue weighted by molar-refractivity contribution is -0.687. The van der Waals surface area contributed by atoms with Crippen molar-refractivity contribution in [1.29, 1.82) is 0 Å². The Morgan fingerprint density at radius 2 is 1.82 bits per heavy atom. The van der Waals surface area contributed by atoms with Crippen LogP contribution < -0.4 is 26.3 Å². The highest BCUT2D eigenvalue weighted by Gasteiger charge is 2.12. The summed E-state index contributed by atoms with van der Waals surface area (Å²) >= 11 is 0. The highest BCUT2D eigenvalue weighted by Crippen LogP contribution is 2.26. The van der Waals surface area contributed by atoms with Gasteiger partial charge in [-0.25, -0.2) is 4.98 Å². The highest BCUT2D eigenvalue weighted by atomic mass is 79.9. The molecular formula is C23H21BrN2O2. The van der Waals surface area contributed by atoms with E-state index in [1.54, 1.807) is 13.3 Å². The predicted octanol–water partition coefficient (Wildman–Crippen LogP) is 1.67. The second-order valence-electron chi connectivity index (χ2n) is 6.51. The Labute approximate surface area is 175 Å². The van der Waals surface area contributed by atoms with Gasteiger partial charge in [0.15, 0.2) is 24.7 Å². The second kappa shape index (κ2) is 8.85. The molecule has 0 radical (unpaired) electrons. The Hall–Kier alpha value is -2.92. The summed E-state index contributed by atoms with van der Waals surface area (Å²) in [5.74, 6) is 2.17. The van der Waals surface area contributed by atoms with Crippen molar-refractivity contribution in [2.75, 3.05) is 7.11 Å². The summed E-state index contributed by atoms with van der Waals surface area (Å²) in [5, 5.41) is 0. The van der Waals surface area contributed by atoms with Gasteiger partial charge in [-0.3, -0.25) is 0 Å². The first-order valence-corrected chi connectivity index (χ1v) is 8.86. The Bertz CT molecular complexity index is 1060. The number of halogens is 1. The molecule has 0 atom stereocenters. The molecule has 4 aromatic rings. The average Bonchev–Trinajstić information content (AvgIpc) is 3.19. The van der Waals surface area contributed by atoms with Crippen molar-refractivity contribution in [3.05, 3.63) is 90.4 Å². The molecule has 0 saturated heterocycles. The summed E-state index contributed by atoms with van der Waals surface area (Å²) in [5.41, 5.74) is 4.45. The van der Waals surface area contributed by atoms with Crippen LogP contribution in [0, 0.1) is 6.92 Å².